The predicted octanol–water partition coefficient (Wildman–Crippen LogP) is 2.71. The molecule has 108 valence electrons. The smallest absolute Gasteiger partial charge is 0.273 e. The molecule has 2 heterocycles. The Morgan fingerprint density at radius 2 is 2.29 bits per heavy atom. The number of nitrogens with one attached hydrogen (secondary N) is 1. The average molecular weight is 323 g/mol. The lowest BCUT2D eigenvalue weighted by molar-refractivity contribution is -0.135. The molecule has 1 atom stereocenters. The Labute approximate surface area is 129 Å². The molecule has 8 heteroatoms. The molecule has 0 radical (unpaired) electrons. The highest BCUT2D eigenvalue weighted by Crippen LogP contribution is 2.30. The summed E-state index contributed by atoms with van der Waals surface area (Å²) in [7, 11) is 0. The largest absolute Gasteiger partial charge is 0.379 e. The van der Waals surface area contributed by atoms with Gasteiger partial charge in [0.1, 0.15) is 5.51 Å². The van der Waals surface area contributed by atoms with Crippen molar-refractivity contribution in [2.45, 2.75) is 18.9 Å². The number of hydrogen-bond donors (Lipinski definition) is 1. The van der Waals surface area contributed by atoms with Crippen LogP contribution in [-0.2, 0) is 9.63 Å². The van der Waals surface area contributed by atoms with Crippen molar-refractivity contribution in [3.05, 3.63) is 40.4 Å². The van der Waals surface area contributed by atoms with Crippen LogP contribution in [0.25, 0.3) is 0 Å². The maximum Gasteiger partial charge on any atom is 0.273 e. The molecule has 1 N–H and O–H groups in total. The summed E-state index contributed by atoms with van der Waals surface area (Å²) < 4.78 is 0. The van der Waals surface area contributed by atoms with E-state index in [1.807, 2.05) is 18.2 Å². The number of carbonyl (C=O) groups is 1. The summed E-state index contributed by atoms with van der Waals surface area (Å²) in [5, 5.41) is 15.1. The first-order chi connectivity index (χ1) is 10.1. The maximum absolute atomic E-state index is 12.3. The zero-order valence-electron chi connectivity index (χ0n) is 11.0. The fraction of sp³-hybridized carbons (Fsp3) is 0.231. The number of benzene rings is 1. The van der Waals surface area contributed by atoms with Gasteiger partial charge in [-0.25, -0.2) is 0 Å². The lowest BCUT2D eigenvalue weighted by Gasteiger charge is -2.19. The number of nitrogens with zero attached hydrogens (tertiary/aromatic N) is 3. The molecule has 0 bridgehead atoms. The van der Waals surface area contributed by atoms with E-state index in [1.165, 1.54) is 11.3 Å². The molecule has 0 aliphatic carbocycles. The topological polar surface area (TPSA) is 76.5 Å². The minimum Gasteiger partial charge on any atom is -0.379 e. The zero-order chi connectivity index (χ0) is 14.9. The second-order valence-electron chi connectivity index (χ2n) is 4.71. The Hall–Kier alpha value is -1.99. The summed E-state index contributed by atoms with van der Waals surface area (Å²) in [6.45, 7) is 1.68. The summed E-state index contributed by atoms with van der Waals surface area (Å²) >= 11 is 7.38. The maximum atomic E-state index is 12.3. The van der Waals surface area contributed by atoms with Gasteiger partial charge in [-0.15, -0.1) is 10.2 Å². The Kier molecular flexibility index (Phi) is 3.60. The van der Waals surface area contributed by atoms with Crippen molar-refractivity contribution in [3.63, 3.8) is 0 Å². The SMILES string of the molecule is C[C@]1(C(=O)Nc2nncs2)CC(c2ccccc2Cl)=NO1. The fourth-order valence-corrected chi connectivity index (χ4v) is 2.64. The van der Waals surface area contributed by atoms with Crippen LogP contribution in [-0.4, -0.2) is 27.4 Å². The zero-order valence-corrected chi connectivity index (χ0v) is 12.6. The van der Waals surface area contributed by atoms with Gasteiger partial charge in [-0.1, -0.05) is 46.3 Å². The minimum atomic E-state index is -1.08. The average Bonchev–Trinajstić information content (AvgIpc) is 3.10. The number of hydrogen-bond acceptors (Lipinski definition) is 6. The predicted molar refractivity (Wildman–Crippen MR) is 80.6 cm³/mol. The Balaban J connectivity index is 1.75. The van der Waals surface area contributed by atoms with E-state index in [4.69, 9.17) is 16.4 Å². The van der Waals surface area contributed by atoms with Crippen LogP contribution in [0.4, 0.5) is 5.13 Å². The van der Waals surface area contributed by atoms with E-state index >= 15 is 0 Å². The summed E-state index contributed by atoms with van der Waals surface area (Å²) in [4.78, 5) is 17.6. The second-order valence-corrected chi connectivity index (χ2v) is 5.96. The lowest BCUT2D eigenvalue weighted by Crippen LogP contribution is -2.40. The summed E-state index contributed by atoms with van der Waals surface area (Å²) in [5.74, 6) is -0.315. The van der Waals surface area contributed by atoms with E-state index in [2.05, 4.69) is 20.7 Å². The highest BCUT2D eigenvalue weighted by Gasteiger charge is 2.42. The molecule has 1 amide bonds. The molecular formula is C13H11ClN4O2S. The van der Waals surface area contributed by atoms with Gasteiger partial charge in [-0.3, -0.25) is 10.1 Å². The molecule has 0 unspecified atom stereocenters. The molecule has 1 aromatic heterocycles. The van der Waals surface area contributed by atoms with Crippen LogP contribution in [0.1, 0.15) is 18.9 Å². The standard InChI is InChI=1S/C13H11ClN4O2S/c1-13(11(19)16-12-17-15-7-21-12)6-10(18-20-13)8-4-2-3-5-9(8)14/h2-5,7H,6H2,1H3,(H,16,17,19)/t13-/m1/s1. The lowest BCUT2D eigenvalue weighted by atomic mass is 9.95. The van der Waals surface area contributed by atoms with Crippen molar-refractivity contribution in [1.82, 2.24) is 10.2 Å². The first kappa shape index (κ1) is 14.0. The van der Waals surface area contributed by atoms with Crippen LogP contribution in [0.2, 0.25) is 5.02 Å². The molecule has 1 aromatic carbocycles. The van der Waals surface area contributed by atoms with Gasteiger partial charge in [0.05, 0.1) is 5.71 Å². The molecule has 21 heavy (non-hydrogen) atoms. The number of carbonyl (C=O) groups excluding carboxylic acids is 1. The van der Waals surface area contributed by atoms with Crippen molar-refractivity contribution in [1.29, 1.82) is 0 Å². The van der Waals surface area contributed by atoms with E-state index < -0.39 is 5.60 Å². The highest BCUT2D eigenvalue weighted by atomic mass is 35.5. The number of halogens is 1. The van der Waals surface area contributed by atoms with E-state index in [9.17, 15) is 4.79 Å². The molecule has 3 rings (SSSR count). The molecule has 1 aliphatic heterocycles. The minimum absolute atomic E-state index is 0.315. The van der Waals surface area contributed by atoms with Gasteiger partial charge in [-0.05, 0) is 13.0 Å². The van der Waals surface area contributed by atoms with Crippen LogP contribution in [0.3, 0.4) is 0 Å². The van der Waals surface area contributed by atoms with Gasteiger partial charge in [0, 0.05) is 17.0 Å². The monoisotopic (exact) mass is 322 g/mol. The normalized spacial score (nSPS) is 20.8. The summed E-state index contributed by atoms with van der Waals surface area (Å²) in [5.41, 5.74) is 1.88. The first-order valence-electron chi connectivity index (χ1n) is 6.16. The molecule has 0 saturated carbocycles. The molecule has 0 spiro atoms. The molecule has 6 nitrogen and oxygen atoms in total. The molecular weight excluding hydrogens is 312 g/mol. The highest BCUT2D eigenvalue weighted by molar-refractivity contribution is 7.13. The van der Waals surface area contributed by atoms with Gasteiger partial charge in [0.15, 0.2) is 0 Å². The van der Waals surface area contributed by atoms with Crippen LogP contribution in [0.5, 0.6) is 0 Å². The van der Waals surface area contributed by atoms with Crippen LogP contribution < -0.4 is 5.32 Å². The van der Waals surface area contributed by atoms with E-state index in [-0.39, 0.29) is 5.91 Å². The van der Waals surface area contributed by atoms with Gasteiger partial charge in [0.2, 0.25) is 10.7 Å². The van der Waals surface area contributed by atoms with Crippen molar-refractivity contribution < 1.29 is 9.63 Å². The van der Waals surface area contributed by atoms with Crippen molar-refractivity contribution in [2.24, 2.45) is 5.16 Å². The third kappa shape index (κ3) is 2.74. The quantitative estimate of drug-likeness (QED) is 0.942. The number of amides is 1. The fourth-order valence-electron chi connectivity index (χ4n) is 1.96. The van der Waals surface area contributed by atoms with Crippen molar-refractivity contribution in [2.75, 3.05) is 5.32 Å². The Morgan fingerprint density at radius 1 is 1.48 bits per heavy atom. The van der Waals surface area contributed by atoms with Gasteiger partial charge in [0.25, 0.3) is 5.91 Å². The third-order valence-corrected chi connectivity index (χ3v) is 4.04. The van der Waals surface area contributed by atoms with Gasteiger partial charge >= 0.3 is 0 Å². The number of oxime groups is 1. The molecule has 0 saturated heterocycles. The van der Waals surface area contributed by atoms with Crippen LogP contribution in [0.15, 0.2) is 34.9 Å². The number of rotatable bonds is 3. The molecule has 1 aliphatic rings. The van der Waals surface area contributed by atoms with Gasteiger partial charge in [-0.2, -0.15) is 0 Å². The number of anilines is 1. The Morgan fingerprint density at radius 3 is 3.00 bits per heavy atom. The molecule has 0 fully saturated rings. The van der Waals surface area contributed by atoms with Gasteiger partial charge < -0.3 is 4.84 Å². The van der Waals surface area contributed by atoms with E-state index in [0.29, 0.717) is 22.3 Å². The third-order valence-electron chi connectivity index (χ3n) is 3.11. The van der Waals surface area contributed by atoms with Crippen LogP contribution >= 0.6 is 22.9 Å². The summed E-state index contributed by atoms with van der Waals surface area (Å²) in [6.07, 6.45) is 0.335. The first-order valence-corrected chi connectivity index (χ1v) is 7.42. The number of aromatic nitrogens is 2. The van der Waals surface area contributed by atoms with Crippen molar-refractivity contribution in [3.8, 4) is 0 Å². The second kappa shape index (κ2) is 5.42. The van der Waals surface area contributed by atoms with Crippen LogP contribution in [0, 0.1) is 0 Å². The van der Waals surface area contributed by atoms with E-state index in [0.717, 1.165) is 5.56 Å². The van der Waals surface area contributed by atoms with E-state index in [1.54, 1.807) is 18.5 Å². The Bertz CT molecular complexity index is 704. The van der Waals surface area contributed by atoms with Crippen molar-refractivity contribution >= 4 is 39.7 Å². The summed E-state index contributed by atoms with van der Waals surface area (Å²) in [6, 6.07) is 7.32. The molecule has 2 aromatic rings.